The van der Waals surface area contributed by atoms with Crippen molar-refractivity contribution in [3.05, 3.63) is 69.7 Å². The number of thiocarbonyl (C=S) groups is 1. The van der Waals surface area contributed by atoms with Crippen LogP contribution in [0.25, 0.3) is 5.57 Å². The molecule has 2 aromatic rings. The Kier molecular flexibility index (Phi) is 8.90. The molecule has 2 N–H and O–H groups in total. The standard InChI is InChI=1S/C21H23Cl3N2OS/c1-13-11-15(27-3)7-8-16(13)14(2)12-19(26-21(28)25-10-9-22)17-5-4-6-18(23)20(17)24/h4-8,11,19H,2,9-10,12H2,1,3H3,(H2,25,26,28). The van der Waals surface area contributed by atoms with E-state index in [1.165, 1.54) is 0 Å². The van der Waals surface area contributed by atoms with Gasteiger partial charge in [-0.2, -0.15) is 0 Å². The predicted molar refractivity (Wildman–Crippen MR) is 125 cm³/mol. The molecular weight excluding hydrogens is 435 g/mol. The molecule has 0 amide bonds. The SMILES string of the molecule is C=C(CC(NC(=S)NCCCl)c1cccc(Cl)c1Cl)c1ccc(OC)cc1C. The second-order valence-electron chi connectivity index (χ2n) is 6.27. The van der Waals surface area contributed by atoms with E-state index in [1.807, 2.05) is 37.3 Å². The van der Waals surface area contributed by atoms with Crippen molar-refractivity contribution in [1.29, 1.82) is 0 Å². The van der Waals surface area contributed by atoms with E-state index in [0.717, 1.165) is 28.0 Å². The van der Waals surface area contributed by atoms with E-state index in [1.54, 1.807) is 13.2 Å². The molecule has 0 aliphatic heterocycles. The molecular formula is C21H23Cl3N2OS. The first-order chi connectivity index (χ1) is 13.4. The van der Waals surface area contributed by atoms with Crippen LogP contribution in [-0.4, -0.2) is 24.6 Å². The van der Waals surface area contributed by atoms with E-state index in [2.05, 4.69) is 17.2 Å². The molecule has 0 aliphatic carbocycles. The minimum atomic E-state index is -0.199. The van der Waals surface area contributed by atoms with Crippen LogP contribution in [0.4, 0.5) is 0 Å². The number of ether oxygens (including phenoxy) is 1. The summed E-state index contributed by atoms with van der Waals surface area (Å²) in [7, 11) is 1.65. The van der Waals surface area contributed by atoms with Crippen molar-refractivity contribution in [3.63, 3.8) is 0 Å². The maximum atomic E-state index is 6.47. The maximum absolute atomic E-state index is 6.47. The minimum absolute atomic E-state index is 0.199. The molecule has 0 saturated heterocycles. The Balaban J connectivity index is 2.29. The molecule has 0 saturated carbocycles. The van der Waals surface area contributed by atoms with Gasteiger partial charge in [-0.25, -0.2) is 0 Å². The van der Waals surface area contributed by atoms with Gasteiger partial charge >= 0.3 is 0 Å². The predicted octanol–water partition coefficient (Wildman–Crippen LogP) is 6.16. The number of aryl methyl sites for hydroxylation is 1. The van der Waals surface area contributed by atoms with Crippen molar-refractivity contribution in [2.75, 3.05) is 19.5 Å². The van der Waals surface area contributed by atoms with E-state index in [9.17, 15) is 0 Å². The average Bonchev–Trinajstić information content (AvgIpc) is 2.67. The number of methoxy groups -OCH3 is 1. The third-order valence-electron chi connectivity index (χ3n) is 4.31. The van der Waals surface area contributed by atoms with Gasteiger partial charge in [-0.15, -0.1) is 11.6 Å². The summed E-state index contributed by atoms with van der Waals surface area (Å²) in [4.78, 5) is 0. The molecule has 1 unspecified atom stereocenters. The highest BCUT2D eigenvalue weighted by atomic mass is 35.5. The summed E-state index contributed by atoms with van der Waals surface area (Å²) in [6.07, 6.45) is 0.593. The second kappa shape index (κ2) is 10.9. The van der Waals surface area contributed by atoms with Crippen molar-refractivity contribution in [3.8, 4) is 5.75 Å². The third-order valence-corrected chi connectivity index (χ3v) is 5.59. The van der Waals surface area contributed by atoms with Gasteiger partial charge in [0.1, 0.15) is 5.75 Å². The van der Waals surface area contributed by atoms with Gasteiger partial charge < -0.3 is 15.4 Å². The lowest BCUT2D eigenvalue weighted by atomic mass is 9.93. The lowest BCUT2D eigenvalue weighted by molar-refractivity contribution is 0.414. The summed E-state index contributed by atoms with van der Waals surface area (Å²) in [5.41, 5.74) is 3.96. The number of benzene rings is 2. The fraction of sp³-hybridized carbons (Fsp3) is 0.286. The zero-order valence-corrected chi connectivity index (χ0v) is 18.9. The maximum Gasteiger partial charge on any atom is 0.166 e. The molecule has 2 aromatic carbocycles. The van der Waals surface area contributed by atoms with Crippen LogP contribution < -0.4 is 15.4 Å². The Morgan fingerprint density at radius 2 is 2.00 bits per heavy atom. The van der Waals surface area contributed by atoms with Gasteiger partial charge in [-0.05, 0) is 66.0 Å². The lowest BCUT2D eigenvalue weighted by Gasteiger charge is -2.24. The molecule has 0 aliphatic rings. The molecule has 2 rings (SSSR count). The normalized spacial score (nSPS) is 11.6. The van der Waals surface area contributed by atoms with Crippen LogP contribution in [0.5, 0.6) is 5.75 Å². The van der Waals surface area contributed by atoms with Gasteiger partial charge in [0, 0.05) is 12.4 Å². The Labute approximate surface area is 187 Å². The average molecular weight is 458 g/mol. The van der Waals surface area contributed by atoms with Gasteiger partial charge in [0.05, 0.1) is 23.2 Å². The molecule has 0 bridgehead atoms. The molecule has 150 valence electrons. The van der Waals surface area contributed by atoms with E-state index < -0.39 is 0 Å². The van der Waals surface area contributed by atoms with Crippen LogP contribution in [0.15, 0.2) is 43.0 Å². The second-order valence-corrected chi connectivity index (χ2v) is 7.84. The van der Waals surface area contributed by atoms with E-state index in [-0.39, 0.29) is 6.04 Å². The molecule has 7 heteroatoms. The summed E-state index contributed by atoms with van der Waals surface area (Å²) >= 11 is 23.8. The van der Waals surface area contributed by atoms with E-state index in [0.29, 0.717) is 34.0 Å². The Hall–Kier alpha value is -1.46. The number of hydrogen-bond acceptors (Lipinski definition) is 2. The lowest BCUT2D eigenvalue weighted by Crippen LogP contribution is -2.38. The largest absolute Gasteiger partial charge is 0.497 e. The van der Waals surface area contributed by atoms with Crippen LogP contribution >= 0.6 is 47.0 Å². The first kappa shape index (κ1) is 22.8. The molecule has 0 fully saturated rings. The summed E-state index contributed by atoms with van der Waals surface area (Å²) in [6, 6.07) is 11.3. The van der Waals surface area contributed by atoms with Gasteiger partial charge in [0.2, 0.25) is 0 Å². The highest BCUT2D eigenvalue weighted by Crippen LogP contribution is 2.35. The Morgan fingerprint density at radius 3 is 2.64 bits per heavy atom. The number of rotatable bonds is 8. The zero-order valence-electron chi connectivity index (χ0n) is 15.8. The summed E-state index contributed by atoms with van der Waals surface area (Å²) in [5.74, 6) is 1.27. The summed E-state index contributed by atoms with van der Waals surface area (Å²) in [5, 5.41) is 7.88. The van der Waals surface area contributed by atoms with Crippen LogP contribution in [0.3, 0.4) is 0 Å². The molecule has 0 heterocycles. The fourth-order valence-corrected chi connectivity index (χ4v) is 3.69. The Bertz CT molecular complexity index is 858. The summed E-state index contributed by atoms with van der Waals surface area (Å²) < 4.78 is 5.29. The topological polar surface area (TPSA) is 33.3 Å². The highest BCUT2D eigenvalue weighted by molar-refractivity contribution is 7.80. The number of hydrogen-bond donors (Lipinski definition) is 2. The van der Waals surface area contributed by atoms with Crippen molar-refractivity contribution in [2.24, 2.45) is 0 Å². The van der Waals surface area contributed by atoms with Crippen molar-refractivity contribution < 1.29 is 4.74 Å². The quantitative estimate of drug-likeness (QED) is 0.367. The van der Waals surface area contributed by atoms with Crippen LogP contribution in [0, 0.1) is 6.92 Å². The van der Waals surface area contributed by atoms with Crippen LogP contribution in [0.2, 0.25) is 10.0 Å². The summed E-state index contributed by atoms with van der Waals surface area (Å²) in [6.45, 7) is 6.89. The highest BCUT2D eigenvalue weighted by Gasteiger charge is 2.20. The Morgan fingerprint density at radius 1 is 1.25 bits per heavy atom. The molecule has 0 spiro atoms. The molecule has 28 heavy (non-hydrogen) atoms. The van der Waals surface area contributed by atoms with Gasteiger partial charge in [0.25, 0.3) is 0 Å². The third kappa shape index (κ3) is 6.02. The molecule has 0 radical (unpaired) electrons. The van der Waals surface area contributed by atoms with Crippen molar-refractivity contribution >= 4 is 57.7 Å². The minimum Gasteiger partial charge on any atom is -0.497 e. The van der Waals surface area contributed by atoms with Gasteiger partial charge in [0.15, 0.2) is 5.11 Å². The molecule has 1 atom stereocenters. The zero-order chi connectivity index (χ0) is 20.7. The van der Waals surface area contributed by atoms with Crippen LogP contribution in [-0.2, 0) is 0 Å². The van der Waals surface area contributed by atoms with Gasteiger partial charge in [-0.3, -0.25) is 0 Å². The first-order valence-corrected chi connectivity index (χ1v) is 10.4. The molecule has 0 aromatic heterocycles. The van der Waals surface area contributed by atoms with E-state index >= 15 is 0 Å². The smallest absolute Gasteiger partial charge is 0.166 e. The van der Waals surface area contributed by atoms with E-state index in [4.69, 9.17) is 51.8 Å². The van der Waals surface area contributed by atoms with Crippen LogP contribution in [0.1, 0.15) is 29.2 Å². The molecule has 3 nitrogen and oxygen atoms in total. The monoisotopic (exact) mass is 456 g/mol. The fourth-order valence-electron chi connectivity index (χ4n) is 2.91. The number of nitrogens with one attached hydrogen (secondary N) is 2. The first-order valence-electron chi connectivity index (χ1n) is 8.74. The van der Waals surface area contributed by atoms with Gasteiger partial charge in [-0.1, -0.05) is 48.0 Å². The number of halogens is 3. The van der Waals surface area contributed by atoms with Crippen molar-refractivity contribution in [2.45, 2.75) is 19.4 Å². The number of alkyl halides is 1. The van der Waals surface area contributed by atoms with Crippen molar-refractivity contribution in [1.82, 2.24) is 10.6 Å².